The molecule has 0 saturated carbocycles. The van der Waals surface area contributed by atoms with E-state index >= 15 is 0 Å². The number of nitrogens with one attached hydrogen (secondary N) is 1. The highest BCUT2D eigenvalue weighted by Crippen LogP contribution is 2.27. The zero-order chi connectivity index (χ0) is 16.4. The first-order chi connectivity index (χ1) is 11.0. The van der Waals surface area contributed by atoms with Crippen molar-refractivity contribution in [3.8, 4) is 11.3 Å². The van der Waals surface area contributed by atoms with Gasteiger partial charge in [0, 0.05) is 16.0 Å². The Morgan fingerprint density at radius 3 is 2.78 bits per heavy atom. The van der Waals surface area contributed by atoms with Gasteiger partial charge >= 0.3 is 0 Å². The minimum Gasteiger partial charge on any atom is -0.298 e. The molecule has 0 bridgehead atoms. The van der Waals surface area contributed by atoms with Crippen molar-refractivity contribution in [3.05, 3.63) is 69.3 Å². The molecule has 3 rings (SSSR count). The van der Waals surface area contributed by atoms with Gasteiger partial charge in [-0.1, -0.05) is 35.3 Å². The standard InChI is InChI=1S/C16H9Cl2FN2OS/c17-10-4-5-13(18)12(7-10)15(22)21-16-20-14(8-23-16)9-2-1-3-11(19)6-9/h1-8H,(H,20,21,22). The third-order valence-corrected chi connectivity index (χ3v) is 4.34. The number of carbonyl (C=O) groups is 1. The van der Waals surface area contributed by atoms with Gasteiger partial charge in [0.15, 0.2) is 5.13 Å². The van der Waals surface area contributed by atoms with Crippen molar-refractivity contribution in [2.24, 2.45) is 0 Å². The molecule has 1 N–H and O–H groups in total. The maximum absolute atomic E-state index is 13.3. The molecular weight excluding hydrogens is 358 g/mol. The summed E-state index contributed by atoms with van der Waals surface area (Å²) in [6.45, 7) is 0. The van der Waals surface area contributed by atoms with Crippen molar-refractivity contribution < 1.29 is 9.18 Å². The lowest BCUT2D eigenvalue weighted by Gasteiger charge is -2.04. The van der Waals surface area contributed by atoms with Crippen molar-refractivity contribution in [1.29, 1.82) is 0 Å². The highest BCUT2D eigenvalue weighted by molar-refractivity contribution is 7.14. The van der Waals surface area contributed by atoms with Crippen LogP contribution in [-0.2, 0) is 0 Å². The molecule has 2 aromatic carbocycles. The van der Waals surface area contributed by atoms with Crippen molar-refractivity contribution >= 4 is 45.6 Å². The number of aromatic nitrogens is 1. The molecule has 0 unspecified atom stereocenters. The monoisotopic (exact) mass is 366 g/mol. The number of thiazole rings is 1. The van der Waals surface area contributed by atoms with Crippen molar-refractivity contribution in [2.45, 2.75) is 0 Å². The van der Waals surface area contributed by atoms with Gasteiger partial charge in [-0.3, -0.25) is 10.1 Å². The van der Waals surface area contributed by atoms with E-state index in [0.717, 1.165) is 0 Å². The largest absolute Gasteiger partial charge is 0.298 e. The number of nitrogens with zero attached hydrogens (tertiary/aromatic N) is 1. The molecule has 3 aromatic rings. The van der Waals surface area contributed by atoms with E-state index in [2.05, 4.69) is 10.3 Å². The zero-order valence-corrected chi connectivity index (χ0v) is 13.8. The Labute approximate surface area is 145 Å². The second kappa shape index (κ2) is 6.66. The van der Waals surface area contributed by atoms with E-state index < -0.39 is 5.91 Å². The maximum Gasteiger partial charge on any atom is 0.259 e. The van der Waals surface area contributed by atoms with Crippen LogP contribution in [0.2, 0.25) is 10.0 Å². The number of benzene rings is 2. The van der Waals surface area contributed by atoms with E-state index in [-0.39, 0.29) is 11.4 Å². The number of hydrogen-bond acceptors (Lipinski definition) is 3. The summed E-state index contributed by atoms with van der Waals surface area (Å²) in [6.07, 6.45) is 0. The molecule has 116 valence electrons. The van der Waals surface area contributed by atoms with E-state index in [1.54, 1.807) is 29.6 Å². The normalized spacial score (nSPS) is 10.6. The van der Waals surface area contributed by atoms with Crippen LogP contribution in [0.25, 0.3) is 11.3 Å². The topological polar surface area (TPSA) is 42.0 Å². The summed E-state index contributed by atoms with van der Waals surface area (Å²) in [5.74, 6) is -0.746. The van der Waals surface area contributed by atoms with E-state index in [0.29, 0.717) is 26.4 Å². The Morgan fingerprint density at radius 2 is 2.00 bits per heavy atom. The molecule has 1 aromatic heterocycles. The van der Waals surface area contributed by atoms with Crippen LogP contribution in [0, 0.1) is 5.82 Å². The lowest BCUT2D eigenvalue weighted by Crippen LogP contribution is -2.12. The van der Waals surface area contributed by atoms with Gasteiger partial charge in [-0.2, -0.15) is 0 Å². The number of rotatable bonds is 3. The molecule has 0 aliphatic heterocycles. The molecule has 1 amide bonds. The fourth-order valence-corrected chi connectivity index (χ4v) is 3.04. The Kier molecular flexibility index (Phi) is 4.61. The second-order valence-electron chi connectivity index (χ2n) is 4.63. The molecule has 0 saturated heterocycles. The average Bonchev–Trinajstić information content (AvgIpc) is 2.98. The van der Waals surface area contributed by atoms with Crippen molar-refractivity contribution in [2.75, 3.05) is 5.32 Å². The highest BCUT2D eigenvalue weighted by Gasteiger charge is 2.13. The van der Waals surface area contributed by atoms with Crippen LogP contribution in [-0.4, -0.2) is 10.9 Å². The molecule has 1 heterocycles. The van der Waals surface area contributed by atoms with E-state index in [4.69, 9.17) is 23.2 Å². The summed E-state index contributed by atoms with van der Waals surface area (Å²) in [6, 6.07) is 10.7. The highest BCUT2D eigenvalue weighted by atomic mass is 35.5. The molecule has 0 atom stereocenters. The van der Waals surface area contributed by atoms with Crippen LogP contribution in [0.4, 0.5) is 9.52 Å². The Morgan fingerprint density at radius 1 is 1.17 bits per heavy atom. The first-order valence-electron chi connectivity index (χ1n) is 6.51. The number of hydrogen-bond donors (Lipinski definition) is 1. The predicted octanol–water partition coefficient (Wildman–Crippen LogP) is 5.51. The van der Waals surface area contributed by atoms with E-state index in [1.165, 1.54) is 29.5 Å². The van der Waals surface area contributed by atoms with Crippen LogP contribution < -0.4 is 5.32 Å². The first kappa shape index (κ1) is 15.9. The van der Waals surface area contributed by atoms with Crippen molar-refractivity contribution in [1.82, 2.24) is 4.98 Å². The predicted molar refractivity (Wildman–Crippen MR) is 91.9 cm³/mol. The summed E-state index contributed by atoms with van der Waals surface area (Å²) in [5, 5.41) is 5.51. The molecule has 3 nitrogen and oxygen atoms in total. The average molecular weight is 367 g/mol. The van der Waals surface area contributed by atoms with Crippen LogP contribution in [0.1, 0.15) is 10.4 Å². The Balaban J connectivity index is 1.81. The first-order valence-corrected chi connectivity index (χ1v) is 8.14. The smallest absolute Gasteiger partial charge is 0.259 e. The molecule has 0 radical (unpaired) electrons. The molecular formula is C16H9Cl2FN2OS. The number of amides is 1. The molecule has 7 heteroatoms. The van der Waals surface area contributed by atoms with Crippen LogP contribution in [0.3, 0.4) is 0 Å². The van der Waals surface area contributed by atoms with Gasteiger partial charge in [0.05, 0.1) is 16.3 Å². The zero-order valence-electron chi connectivity index (χ0n) is 11.5. The Bertz CT molecular complexity index is 882. The second-order valence-corrected chi connectivity index (χ2v) is 6.33. The van der Waals surface area contributed by atoms with Crippen LogP contribution in [0.15, 0.2) is 47.8 Å². The van der Waals surface area contributed by atoms with Gasteiger partial charge < -0.3 is 0 Å². The lowest BCUT2D eigenvalue weighted by atomic mass is 10.2. The Hall–Kier alpha value is -1.95. The lowest BCUT2D eigenvalue weighted by molar-refractivity contribution is 0.102. The van der Waals surface area contributed by atoms with Gasteiger partial charge in [0.25, 0.3) is 5.91 Å². The fourth-order valence-electron chi connectivity index (χ4n) is 1.95. The third-order valence-electron chi connectivity index (χ3n) is 3.02. The van der Waals surface area contributed by atoms with Gasteiger partial charge in [-0.15, -0.1) is 11.3 Å². The summed E-state index contributed by atoms with van der Waals surface area (Å²) in [4.78, 5) is 16.5. The fraction of sp³-hybridized carbons (Fsp3) is 0. The van der Waals surface area contributed by atoms with Gasteiger partial charge in [-0.25, -0.2) is 9.37 Å². The van der Waals surface area contributed by atoms with E-state index in [1.807, 2.05) is 0 Å². The maximum atomic E-state index is 13.3. The SMILES string of the molecule is O=C(Nc1nc(-c2cccc(F)c2)cs1)c1cc(Cl)ccc1Cl. The summed E-state index contributed by atoms with van der Waals surface area (Å²) in [7, 11) is 0. The summed E-state index contributed by atoms with van der Waals surface area (Å²) < 4.78 is 13.3. The molecule has 0 aliphatic rings. The number of carbonyl (C=O) groups excluding carboxylic acids is 1. The van der Waals surface area contributed by atoms with Gasteiger partial charge in [0.1, 0.15) is 5.82 Å². The number of halogens is 3. The third kappa shape index (κ3) is 3.69. The van der Waals surface area contributed by atoms with Crippen molar-refractivity contribution in [3.63, 3.8) is 0 Å². The van der Waals surface area contributed by atoms with Gasteiger partial charge in [-0.05, 0) is 30.3 Å². The quantitative estimate of drug-likeness (QED) is 0.663. The summed E-state index contributed by atoms with van der Waals surface area (Å²) in [5.41, 5.74) is 1.49. The minimum absolute atomic E-state index is 0.265. The van der Waals surface area contributed by atoms with E-state index in [9.17, 15) is 9.18 Å². The molecule has 23 heavy (non-hydrogen) atoms. The van der Waals surface area contributed by atoms with Crippen LogP contribution in [0.5, 0.6) is 0 Å². The molecule has 0 aliphatic carbocycles. The van der Waals surface area contributed by atoms with Gasteiger partial charge in [0.2, 0.25) is 0 Å². The molecule has 0 fully saturated rings. The minimum atomic E-state index is -0.405. The number of anilines is 1. The summed E-state index contributed by atoms with van der Waals surface area (Å²) >= 11 is 13.1. The van der Waals surface area contributed by atoms with Crippen LogP contribution >= 0.6 is 34.5 Å². The molecule has 0 spiro atoms.